The Hall–Kier alpha value is -1.23. The number of rotatable bonds is 10. The number of phosphoric acid groups is 1. The molecule has 1 aliphatic heterocycles. The zero-order valence-corrected chi connectivity index (χ0v) is 20.0. The molecule has 3 rings (SSSR count). The average molecular weight is 483 g/mol. The fourth-order valence-electron chi connectivity index (χ4n) is 2.95. The predicted octanol–water partition coefficient (Wildman–Crippen LogP) is -5.39. The van der Waals surface area contributed by atoms with Crippen molar-refractivity contribution in [3.63, 3.8) is 0 Å². The van der Waals surface area contributed by atoms with Crippen molar-refractivity contribution in [1.29, 1.82) is 5.41 Å². The van der Waals surface area contributed by atoms with Crippen molar-refractivity contribution in [2.75, 3.05) is 18.9 Å². The first kappa shape index (κ1) is 27.0. The number of nitrogens with one attached hydrogen (secondary N) is 1. The molecule has 3 heterocycles. The predicted molar refractivity (Wildman–Crippen MR) is 102 cm³/mol. The van der Waals surface area contributed by atoms with Crippen LogP contribution in [-0.4, -0.2) is 78.1 Å². The first-order valence-electron chi connectivity index (χ1n) is 9.15. The molecule has 0 bridgehead atoms. The molecule has 1 saturated heterocycles. The van der Waals surface area contributed by atoms with Crippen LogP contribution >= 0.6 is 7.82 Å². The second-order valence-corrected chi connectivity index (χ2v) is 8.36. The molecule has 1 aliphatic rings. The quantitative estimate of drug-likeness (QED) is 0.0800. The fourth-order valence-corrected chi connectivity index (χ4v) is 3.74. The van der Waals surface area contributed by atoms with E-state index in [9.17, 15) is 24.8 Å². The molecule has 0 spiro atoms. The van der Waals surface area contributed by atoms with E-state index in [1.165, 1.54) is 17.2 Å². The molecule has 32 heavy (non-hydrogen) atoms. The number of aliphatic hydroxyl groups excluding tert-OH is 2. The first-order chi connectivity index (χ1) is 14.6. The van der Waals surface area contributed by atoms with Gasteiger partial charge in [-0.2, -0.15) is 0 Å². The molecular formula is C15H23N7NaO8P. The van der Waals surface area contributed by atoms with E-state index in [0.29, 0.717) is 0 Å². The minimum absolute atomic E-state index is 0. The minimum Gasteiger partial charge on any atom is -0.862 e. The van der Waals surface area contributed by atoms with Crippen LogP contribution in [0.5, 0.6) is 0 Å². The van der Waals surface area contributed by atoms with Gasteiger partial charge >= 0.3 is 37.4 Å². The van der Waals surface area contributed by atoms with Gasteiger partial charge < -0.3 is 41.8 Å². The SMILES string of the molecule is N=C([O-])CC[C@H](N)COP(=O)(O)OC[C@H]1O[C@@H](n2cnc3c(N)ncnc32)[C@H](O)[C@@H]1O.[Na+]. The van der Waals surface area contributed by atoms with Crippen LogP contribution in [-0.2, 0) is 18.3 Å². The number of phosphoric ester groups is 1. The molecule has 2 aromatic heterocycles. The van der Waals surface area contributed by atoms with Gasteiger partial charge in [0.25, 0.3) is 0 Å². The van der Waals surface area contributed by atoms with Crippen molar-refractivity contribution < 1.29 is 68.1 Å². The maximum absolute atomic E-state index is 12.0. The van der Waals surface area contributed by atoms with E-state index in [2.05, 4.69) is 15.0 Å². The molecule has 8 N–H and O–H groups in total. The molecule has 172 valence electrons. The number of aliphatic hydroxyl groups is 2. The molecule has 1 fully saturated rings. The van der Waals surface area contributed by atoms with E-state index in [4.69, 9.17) is 30.7 Å². The van der Waals surface area contributed by atoms with E-state index in [-0.39, 0.29) is 66.0 Å². The van der Waals surface area contributed by atoms with Crippen LogP contribution in [0.15, 0.2) is 12.7 Å². The maximum atomic E-state index is 12.0. The summed E-state index contributed by atoms with van der Waals surface area (Å²) in [5, 5.41) is 38.1. The van der Waals surface area contributed by atoms with E-state index in [1.807, 2.05) is 0 Å². The van der Waals surface area contributed by atoms with E-state index in [1.54, 1.807) is 0 Å². The van der Waals surface area contributed by atoms with Crippen LogP contribution in [0.4, 0.5) is 5.82 Å². The van der Waals surface area contributed by atoms with Crippen LogP contribution in [0, 0.1) is 5.41 Å². The Bertz CT molecular complexity index is 980. The zero-order chi connectivity index (χ0) is 22.8. The van der Waals surface area contributed by atoms with Gasteiger partial charge in [-0.3, -0.25) is 13.6 Å². The zero-order valence-electron chi connectivity index (χ0n) is 17.1. The molecule has 0 aliphatic carbocycles. The number of nitrogen functional groups attached to an aromatic ring is 1. The van der Waals surface area contributed by atoms with Gasteiger partial charge in [-0.05, 0) is 18.7 Å². The number of nitrogens with zero attached hydrogens (tertiary/aromatic N) is 4. The van der Waals surface area contributed by atoms with Crippen molar-refractivity contribution in [3.05, 3.63) is 12.7 Å². The molecule has 15 nitrogen and oxygen atoms in total. The molecule has 0 saturated carbocycles. The Balaban J connectivity index is 0.00000363. The molecule has 17 heteroatoms. The Kier molecular flexibility index (Phi) is 9.51. The van der Waals surface area contributed by atoms with Crippen LogP contribution in [0.1, 0.15) is 19.1 Å². The van der Waals surface area contributed by atoms with Gasteiger partial charge in [0.05, 0.1) is 19.5 Å². The largest absolute Gasteiger partial charge is 1.00 e. The molecule has 2 aromatic rings. The number of aromatic nitrogens is 4. The second kappa shape index (κ2) is 11.3. The van der Waals surface area contributed by atoms with Crippen molar-refractivity contribution in [2.24, 2.45) is 5.73 Å². The fraction of sp³-hybridized carbons (Fsp3) is 0.600. The average Bonchev–Trinajstić information content (AvgIpc) is 3.26. The van der Waals surface area contributed by atoms with Gasteiger partial charge in [0, 0.05) is 6.04 Å². The molecule has 6 atom stereocenters. The Morgan fingerprint density at radius 3 is 2.75 bits per heavy atom. The smallest absolute Gasteiger partial charge is 0.862 e. The van der Waals surface area contributed by atoms with Crippen molar-refractivity contribution in [1.82, 2.24) is 19.5 Å². The molecule has 1 unspecified atom stereocenters. The van der Waals surface area contributed by atoms with Gasteiger partial charge in [0.15, 0.2) is 17.7 Å². The molecule has 0 aromatic carbocycles. The summed E-state index contributed by atoms with van der Waals surface area (Å²) in [4.78, 5) is 21.7. The van der Waals surface area contributed by atoms with Crippen LogP contribution in [0.2, 0.25) is 0 Å². The number of anilines is 1. The number of imidazole rings is 1. The Morgan fingerprint density at radius 2 is 2.06 bits per heavy atom. The van der Waals surface area contributed by atoms with Crippen molar-refractivity contribution >= 4 is 30.7 Å². The Morgan fingerprint density at radius 1 is 1.34 bits per heavy atom. The first-order valence-corrected chi connectivity index (χ1v) is 10.6. The number of ether oxygens (including phenoxy) is 1. The third-order valence-corrected chi connectivity index (χ3v) is 5.55. The van der Waals surface area contributed by atoms with Gasteiger partial charge in [0.2, 0.25) is 0 Å². The summed E-state index contributed by atoms with van der Waals surface area (Å²) in [6.45, 7) is -0.963. The van der Waals surface area contributed by atoms with Gasteiger partial charge in [0.1, 0.15) is 30.2 Å². The molecule has 0 amide bonds. The van der Waals surface area contributed by atoms with E-state index in [0.717, 1.165) is 0 Å². The summed E-state index contributed by atoms with van der Waals surface area (Å²) < 4.78 is 28.6. The van der Waals surface area contributed by atoms with Crippen molar-refractivity contribution in [2.45, 2.75) is 43.4 Å². The summed E-state index contributed by atoms with van der Waals surface area (Å²) in [7, 11) is -4.56. The summed E-state index contributed by atoms with van der Waals surface area (Å²) in [6, 6.07) is -0.748. The number of nitrogens with two attached hydrogens (primary N) is 2. The minimum atomic E-state index is -4.56. The van der Waals surface area contributed by atoms with Crippen molar-refractivity contribution in [3.8, 4) is 0 Å². The van der Waals surface area contributed by atoms with Crippen LogP contribution in [0.3, 0.4) is 0 Å². The number of hydrogen-bond acceptors (Lipinski definition) is 13. The molecular weight excluding hydrogens is 460 g/mol. The van der Waals surface area contributed by atoms with Crippen LogP contribution < -0.4 is 46.1 Å². The van der Waals surface area contributed by atoms with E-state index < -0.39 is 50.9 Å². The van der Waals surface area contributed by atoms with Gasteiger partial charge in [-0.15, -0.1) is 0 Å². The summed E-state index contributed by atoms with van der Waals surface area (Å²) in [5.41, 5.74) is 11.9. The van der Waals surface area contributed by atoms with Crippen LogP contribution in [0.25, 0.3) is 11.2 Å². The number of hydrogen-bond donors (Lipinski definition) is 6. The summed E-state index contributed by atoms with van der Waals surface area (Å²) >= 11 is 0. The maximum Gasteiger partial charge on any atom is 1.00 e. The summed E-state index contributed by atoms with van der Waals surface area (Å²) in [5.74, 6) is -0.681. The monoisotopic (exact) mass is 483 g/mol. The Labute approximate surface area is 204 Å². The third kappa shape index (κ3) is 6.42. The summed E-state index contributed by atoms with van der Waals surface area (Å²) in [6.07, 6.45) is -2.65. The molecule has 0 radical (unpaired) electrons. The second-order valence-electron chi connectivity index (χ2n) is 6.91. The topological polar surface area (TPSA) is 248 Å². The number of fused-ring (bicyclic) bond motifs is 1. The van der Waals surface area contributed by atoms with Gasteiger partial charge in [-0.25, -0.2) is 19.5 Å². The van der Waals surface area contributed by atoms with E-state index >= 15 is 0 Å². The third-order valence-electron chi connectivity index (χ3n) is 4.59. The van der Waals surface area contributed by atoms with Gasteiger partial charge in [-0.1, -0.05) is 0 Å². The standard InChI is InChI=1S/C15H24N7O8P.Na/c16-7(1-2-9(17)23)3-28-31(26,27)29-4-8-11(24)12(25)15(30-8)22-6-21-10-13(18)19-5-20-14(10)22;/h5-8,11-12,15,24-25H,1-4,16H2,(H2,17,23)(H,26,27)(H2,18,19,20);/q;+1/p-1/t7-,8+,11+,12+,15+;/m0./s1. The normalized spacial score (nSPS) is 25.9.